The van der Waals surface area contributed by atoms with Gasteiger partial charge in [0.1, 0.15) is 23.0 Å². The number of hydrogen-bond acceptors (Lipinski definition) is 6. The highest BCUT2D eigenvalue weighted by molar-refractivity contribution is 6.30. The fourth-order valence-electron chi connectivity index (χ4n) is 2.89. The van der Waals surface area contributed by atoms with E-state index in [1.165, 1.54) is 0 Å². The van der Waals surface area contributed by atoms with Crippen LogP contribution in [0.5, 0.6) is 0 Å². The van der Waals surface area contributed by atoms with E-state index in [-0.39, 0.29) is 11.8 Å². The topological polar surface area (TPSA) is 91.8 Å². The number of likely N-dealkylation sites (N-methyl/N-ethyl adjacent to an activating group) is 1. The van der Waals surface area contributed by atoms with Crippen LogP contribution in [0.15, 0.2) is 18.5 Å². The zero-order valence-electron chi connectivity index (χ0n) is 15.4. The third kappa shape index (κ3) is 3.58. The number of aromatic nitrogens is 3. The number of fused-ring (bicyclic) bond motifs is 1. The molecule has 0 spiro atoms. The van der Waals surface area contributed by atoms with Crippen molar-refractivity contribution in [2.45, 2.75) is 39.2 Å². The average Bonchev–Trinajstić information content (AvgIpc) is 3.00. The molecule has 0 aromatic carbocycles. The first-order valence-corrected chi connectivity index (χ1v) is 8.99. The molecule has 2 aromatic heterocycles. The lowest BCUT2D eigenvalue weighted by Gasteiger charge is -2.26. The van der Waals surface area contributed by atoms with Crippen molar-refractivity contribution in [1.29, 1.82) is 0 Å². The number of aryl methyl sites for hydroxylation is 1. The lowest BCUT2D eigenvalue weighted by Crippen LogP contribution is -2.48. The number of halogens is 1. The number of rotatable bonds is 5. The predicted octanol–water partition coefficient (Wildman–Crippen LogP) is 2.72. The van der Waals surface area contributed by atoms with Crippen LogP contribution in [-0.4, -0.2) is 39.5 Å². The summed E-state index contributed by atoms with van der Waals surface area (Å²) in [4.78, 5) is 25.8. The summed E-state index contributed by atoms with van der Waals surface area (Å²) in [5, 5.41) is 9.92. The van der Waals surface area contributed by atoms with E-state index in [0.717, 1.165) is 16.9 Å². The van der Waals surface area contributed by atoms with Crippen LogP contribution in [0.4, 0.5) is 11.6 Å². The largest absolute Gasteiger partial charge is 0.369 e. The summed E-state index contributed by atoms with van der Waals surface area (Å²) in [6, 6.07) is 1.89. The van der Waals surface area contributed by atoms with Gasteiger partial charge in [-0.05, 0) is 33.8 Å². The monoisotopic (exact) mass is 374 g/mol. The Morgan fingerprint density at radius 2 is 2.15 bits per heavy atom. The van der Waals surface area contributed by atoms with Crippen LogP contribution in [0.25, 0.3) is 0 Å². The number of amides is 1. The molecule has 1 aliphatic rings. The molecule has 0 aliphatic carbocycles. The van der Waals surface area contributed by atoms with Crippen LogP contribution >= 0.6 is 11.6 Å². The molecule has 7 nitrogen and oxygen atoms in total. The van der Waals surface area contributed by atoms with Crippen LogP contribution in [0.1, 0.15) is 43.6 Å². The number of anilines is 2. The highest BCUT2D eigenvalue weighted by Gasteiger charge is 2.30. The Bertz CT molecular complexity index is 838. The maximum absolute atomic E-state index is 12.3. The maximum Gasteiger partial charge on any atom is 0.245 e. The van der Waals surface area contributed by atoms with E-state index in [4.69, 9.17) is 16.6 Å². The molecule has 3 rings (SSSR count). The molecule has 1 amide bonds. The molecule has 1 aliphatic heterocycles. The minimum absolute atomic E-state index is 0.0371. The van der Waals surface area contributed by atoms with Crippen molar-refractivity contribution in [2.24, 2.45) is 0 Å². The lowest BCUT2D eigenvalue weighted by atomic mass is 10.0. The van der Waals surface area contributed by atoms with Crippen molar-refractivity contribution >= 4 is 29.1 Å². The van der Waals surface area contributed by atoms with Gasteiger partial charge in [0.25, 0.3) is 0 Å². The van der Waals surface area contributed by atoms with Crippen LogP contribution in [0, 0.1) is 6.92 Å². The minimum atomic E-state index is -0.789. The van der Waals surface area contributed by atoms with Gasteiger partial charge in [0.05, 0.1) is 10.9 Å². The van der Waals surface area contributed by atoms with Crippen molar-refractivity contribution < 1.29 is 4.79 Å². The van der Waals surface area contributed by atoms with E-state index in [1.807, 2.05) is 33.8 Å². The van der Waals surface area contributed by atoms with Gasteiger partial charge in [0.2, 0.25) is 5.91 Å². The SMILES string of the molecule is CCNC(=O)C(C)(C)Nc1nc(C2CNc3ncc(Cl)cc32)ncc1C. The highest BCUT2D eigenvalue weighted by atomic mass is 35.5. The zero-order valence-corrected chi connectivity index (χ0v) is 16.1. The van der Waals surface area contributed by atoms with E-state index in [1.54, 1.807) is 12.4 Å². The van der Waals surface area contributed by atoms with Gasteiger partial charge in [-0.25, -0.2) is 15.0 Å². The number of carbonyl (C=O) groups is 1. The third-order valence-electron chi connectivity index (χ3n) is 4.37. The van der Waals surface area contributed by atoms with E-state index in [9.17, 15) is 4.79 Å². The first-order chi connectivity index (χ1) is 12.3. The molecular weight excluding hydrogens is 352 g/mol. The van der Waals surface area contributed by atoms with Gasteiger partial charge < -0.3 is 16.0 Å². The Labute approximate surface area is 158 Å². The van der Waals surface area contributed by atoms with Gasteiger partial charge in [0.15, 0.2) is 0 Å². The van der Waals surface area contributed by atoms with Gasteiger partial charge in [-0.2, -0.15) is 0 Å². The second kappa shape index (κ2) is 7.07. The van der Waals surface area contributed by atoms with Crippen LogP contribution < -0.4 is 16.0 Å². The number of pyridine rings is 1. The fourth-order valence-corrected chi connectivity index (χ4v) is 3.06. The minimum Gasteiger partial charge on any atom is -0.369 e. The van der Waals surface area contributed by atoms with Crippen LogP contribution in [0.3, 0.4) is 0 Å². The molecule has 1 atom stereocenters. The summed E-state index contributed by atoms with van der Waals surface area (Å²) in [5.41, 5.74) is 1.07. The molecule has 138 valence electrons. The lowest BCUT2D eigenvalue weighted by molar-refractivity contribution is -0.124. The zero-order chi connectivity index (χ0) is 18.9. The van der Waals surface area contributed by atoms with E-state index < -0.39 is 5.54 Å². The smallest absolute Gasteiger partial charge is 0.245 e. The molecule has 0 bridgehead atoms. The second-order valence-electron chi connectivity index (χ2n) is 6.89. The third-order valence-corrected chi connectivity index (χ3v) is 4.58. The Kier molecular flexibility index (Phi) is 5.00. The normalized spacial score (nSPS) is 16.0. The van der Waals surface area contributed by atoms with Crippen molar-refractivity contribution in [3.8, 4) is 0 Å². The molecule has 26 heavy (non-hydrogen) atoms. The first kappa shape index (κ1) is 18.4. The van der Waals surface area contributed by atoms with E-state index >= 15 is 0 Å². The molecule has 2 aromatic rings. The van der Waals surface area contributed by atoms with Crippen LogP contribution in [-0.2, 0) is 4.79 Å². The van der Waals surface area contributed by atoms with Crippen molar-refractivity contribution in [1.82, 2.24) is 20.3 Å². The van der Waals surface area contributed by atoms with Crippen molar-refractivity contribution in [2.75, 3.05) is 23.7 Å². The Morgan fingerprint density at radius 3 is 2.88 bits per heavy atom. The quantitative estimate of drug-likeness (QED) is 0.745. The summed E-state index contributed by atoms with van der Waals surface area (Å²) in [6.07, 6.45) is 3.39. The summed E-state index contributed by atoms with van der Waals surface area (Å²) < 4.78 is 0. The first-order valence-electron chi connectivity index (χ1n) is 8.61. The Hall–Kier alpha value is -2.41. The molecule has 0 radical (unpaired) electrons. The highest BCUT2D eigenvalue weighted by Crippen LogP contribution is 2.35. The van der Waals surface area contributed by atoms with Crippen molar-refractivity contribution in [3.63, 3.8) is 0 Å². The molecule has 1 unspecified atom stereocenters. The average molecular weight is 375 g/mol. The molecular formula is C18H23ClN6O. The number of nitrogens with zero attached hydrogens (tertiary/aromatic N) is 3. The standard InChI is InChI=1S/C18H23ClN6O/c1-5-20-17(26)18(3,4)25-14-10(2)7-21-16(24-14)13-9-23-15-12(13)6-11(19)8-22-15/h6-8,13H,5,9H2,1-4H3,(H,20,26)(H,22,23)(H,21,24,25). The predicted molar refractivity (Wildman–Crippen MR) is 103 cm³/mol. The van der Waals surface area contributed by atoms with Crippen molar-refractivity contribution in [3.05, 3.63) is 40.4 Å². The number of nitrogens with one attached hydrogen (secondary N) is 3. The van der Waals surface area contributed by atoms with E-state index in [0.29, 0.717) is 29.8 Å². The van der Waals surface area contributed by atoms with Gasteiger partial charge in [-0.15, -0.1) is 0 Å². The summed E-state index contributed by atoms with van der Waals surface area (Å²) in [5.74, 6) is 2.00. The Morgan fingerprint density at radius 1 is 1.38 bits per heavy atom. The van der Waals surface area contributed by atoms with Gasteiger partial charge >= 0.3 is 0 Å². The summed E-state index contributed by atoms with van der Waals surface area (Å²) in [6.45, 7) is 8.71. The maximum atomic E-state index is 12.3. The molecule has 0 fully saturated rings. The summed E-state index contributed by atoms with van der Waals surface area (Å²) >= 11 is 6.10. The molecule has 0 saturated heterocycles. The van der Waals surface area contributed by atoms with Gasteiger partial charge in [-0.1, -0.05) is 11.6 Å². The summed E-state index contributed by atoms with van der Waals surface area (Å²) in [7, 11) is 0. The van der Waals surface area contributed by atoms with Gasteiger partial charge in [0, 0.05) is 36.6 Å². The number of carbonyl (C=O) groups excluding carboxylic acids is 1. The molecule has 8 heteroatoms. The molecule has 3 N–H and O–H groups in total. The molecule has 3 heterocycles. The fraction of sp³-hybridized carbons (Fsp3) is 0.444. The van der Waals surface area contributed by atoms with E-state index in [2.05, 4.69) is 25.9 Å². The Balaban J connectivity index is 1.90. The molecule has 0 saturated carbocycles. The second-order valence-corrected chi connectivity index (χ2v) is 7.33. The number of hydrogen-bond donors (Lipinski definition) is 3. The van der Waals surface area contributed by atoms with Crippen LogP contribution in [0.2, 0.25) is 5.02 Å². The van der Waals surface area contributed by atoms with Gasteiger partial charge in [-0.3, -0.25) is 4.79 Å².